The Morgan fingerprint density at radius 3 is 2.65 bits per heavy atom. The number of carbonyl (C=O) groups excluding carboxylic acids is 1. The molecule has 1 aromatic heterocycles. The third-order valence-electron chi connectivity index (χ3n) is 2.69. The van der Waals surface area contributed by atoms with E-state index < -0.39 is 11.7 Å². The molecule has 1 N–H and O–H groups in total. The fourth-order valence-corrected chi connectivity index (χ4v) is 1.62. The summed E-state index contributed by atoms with van der Waals surface area (Å²) in [4.78, 5) is 23.1. The monoisotopic (exact) mass is 272 g/mol. The number of nitrogens with zero attached hydrogens (tertiary/aromatic N) is 1. The van der Waals surface area contributed by atoms with Crippen LogP contribution in [0.1, 0.15) is 6.92 Å². The molecule has 0 saturated carbocycles. The standard InChI is InChI=1S/C15H13FN2O2/c1-10(2)15(20)17-13-7-6-11(9-12(13)16)18-8-4-3-5-14(18)19/h3-9H,1H2,2H3,(H,17,20). The van der Waals surface area contributed by atoms with Gasteiger partial charge >= 0.3 is 0 Å². The molecule has 1 amide bonds. The van der Waals surface area contributed by atoms with Gasteiger partial charge in [0.15, 0.2) is 0 Å². The van der Waals surface area contributed by atoms with Crippen LogP contribution in [0.4, 0.5) is 10.1 Å². The molecule has 2 rings (SSSR count). The van der Waals surface area contributed by atoms with Crippen molar-refractivity contribution >= 4 is 11.6 Å². The highest BCUT2D eigenvalue weighted by Gasteiger charge is 2.09. The molecule has 20 heavy (non-hydrogen) atoms. The molecule has 5 heteroatoms. The molecule has 2 aromatic rings. The first kappa shape index (κ1) is 13.7. The van der Waals surface area contributed by atoms with Crippen LogP contribution in [0.25, 0.3) is 5.69 Å². The van der Waals surface area contributed by atoms with Gasteiger partial charge in [-0.3, -0.25) is 14.2 Å². The minimum atomic E-state index is -0.618. The molecule has 0 atom stereocenters. The van der Waals surface area contributed by atoms with E-state index >= 15 is 0 Å². The minimum Gasteiger partial charge on any atom is -0.320 e. The second kappa shape index (κ2) is 5.52. The van der Waals surface area contributed by atoms with E-state index in [2.05, 4.69) is 11.9 Å². The lowest BCUT2D eigenvalue weighted by Gasteiger charge is -2.09. The Hall–Kier alpha value is -2.69. The quantitative estimate of drug-likeness (QED) is 0.873. The zero-order chi connectivity index (χ0) is 14.7. The van der Waals surface area contributed by atoms with Crippen LogP contribution >= 0.6 is 0 Å². The van der Waals surface area contributed by atoms with Gasteiger partial charge in [-0.2, -0.15) is 0 Å². The van der Waals surface area contributed by atoms with Crippen LogP contribution in [0, 0.1) is 5.82 Å². The van der Waals surface area contributed by atoms with Gasteiger partial charge in [0.2, 0.25) is 0 Å². The van der Waals surface area contributed by atoms with E-state index in [9.17, 15) is 14.0 Å². The molecule has 0 aliphatic rings. The summed E-state index contributed by atoms with van der Waals surface area (Å²) in [5.74, 6) is -1.07. The summed E-state index contributed by atoms with van der Waals surface area (Å²) in [7, 11) is 0. The second-order valence-corrected chi connectivity index (χ2v) is 4.31. The fourth-order valence-electron chi connectivity index (χ4n) is 1.62. The Labute approximate surface area is 115 Å². The molecule has 0 bridgehead atoms. The molecule has 0 spiro atoms. The number of hydrogen-bond donors (Lipinski definition) is 1. The van der Waals surface area contributed by atoms with Crippen molar-refractivity contribution in [3.8, 4) is 5.69 Å². The second-order valence-electron chi connectivity index (χ2n) is 4.31. The van der Waals surface area contributed by atoms with Crippen LogP contribution in [0.5, 0.6) is 0 Å². The average molecular weight is 272 g/mol. The predicted octanol–water partition coefficient (Wildman–Crippen LogP) is 2.49. The van der Waals surface area contributed by atoms with Gasteiger partial charge in [0.05, 0.1) is 11.4 Å². The van der Waals surface area contributed by atoms with Crippen molar-refractivity contribution in [2.24, 2.45) is 0 Å². The molecule has 0 aliphatic heterocycles. The Kier molecular flexibility index (Phi) is 3.79. The Morgan fingerprint density at radius 2 is 2.05 bits per heavy atom. The molecular formula is C15H13FN2O2. The molecule has 1 aromatic carbocycles. The molecule has 0 radical (unpaired) electrons. The first-order valence-electron chi connectivity index (χ1n) is 5.93. The van der Waals surface area contributed by atoms with Gasteiger partial charge in [-0.15, -0.1) is 0 Å². The first-order valence-corrected chi connectivity index (χ1v) is 5.93. The van der Waals surface area contributed by atoms with Crippen molar-refractivity contribution in [3.63, 3.8) is 0 Å². The van der Waals surface area contributed by atoms with Crippen molar-refractivity contribution in [1.29, 1.82) is 0 Å². The van der Waals surface area contributed by atoms with Crippen LogP contribution in [0.15, 0.2) is 59.5 Å². The number of rotatable bonds is 3. The number of benzene rings is 1. The Balaban J connectivity index is 2.36. The average Bonchev–Trinajstić information content (AvgIpc) is 2.41. The summed E-state index contributed by atoms with van der Waals surface area (Å²) >= 11 is 0. The van der Waals surface area contributed by atoms with E-state index in [1.165, 1.54) is 29.7 Å². The van der Waals surface area contributed by atoms with Gasteiger partial charge in [-0.05, 0) is 25.1 Å². The van der Waals surface area contributed by atoms with E-state index in [0.29, 0.717) is 5.69 Å². The van der Waals surface area contributed by atoms with Crippen LogP contribution in [-0.2, 0) is 4.79 Å². The van der Waals surface area contributed by atoms with E-state index in [0.717, 1.165) is 0 Å². The van der Waals surface area contributed by atoms with E-state index in [1.807, 2.05) is 0 Å². The van der Waals surface area contributed by atoms with Crippen LogP contribution in [-0.4, -0.2) is 10.5 Å². The maximum absolute atomic E-state index is 13.9. The van der Waals surface area contributed by atoms with Gasteiger partial charge in [0, 0.05) is 23.9 Å². The van der Waals surface area contributed by atoms with Gasteiger partial charge in [-0.25, -0.2) is 4.39 Å². The van der Waals surface area contributed by atoms with Gasteiger partial charge in [0.25, 0.3) is 11.5 Å². The van der Waals surface area contributed by atoms with E-state index in [1.54, 1.807) is 24.4 Å². The van der Waals surface area contributed by atoms with Gasteiger partial charge < -0.3 is 5.32 Å². The summed E-state index contributed by atoms with van der Waals surface area (Å²) in [5.41, 5.74) is 0.463. The van der Waals surface area contributed by atoms with Crippen molar-refractivity contribution < 1.29 is 9.18 Å². The third-order valence-corrected chi connectivity index (χ3v) is 2.69. The van der Waals surface area contributed by atoms with Crippen LogP contribution in [0.2, 0.25) is 0 Å². The normalized spacial score (nSPS) is 10.1. The highest BCUT2D eigenvalue weighted by atomic mass is 19.1. The molecule has 0 unspecified atom stereocenters. The van der Waals surface area contributed by atoms with Crippen molar-refractivity contribution in [2.45, 2.75) is 6.92 Å². The first-order chi connectivity index (χ1) is 9.49. The van der Waals surface area contributed by atoms with Crippen LogP contribution in [0.3, 0.4) is 0 Å². The van der Waals surface area contributed by atoms with E-state index in [-0.39, 0.29) is 16.8 Å². The molecule has 4 nitrogen and oxygen atoms in total. The zero-order valence-corrected chi connectivity index (χ0v) is 10.9. The smallest absolute Gasteiger partial charge is 0.255 e. The highest BCUT2D eigenvalue weighted by Crippen LogP contribution is 2.18. The lowest BCUT2D eigenvalue weighted by Crippen LogP contribution is -2.16. The number of carbonyl (C=O) groups is 1. The summed E-state index contributed by atoms with van der Waals surface area (Å²) < 4.78 is 15.2. The summed E-state index contributed by atoms with van der Waals surface area (Å²) in [6.45, 7) is 5.01. The van der Waals surface area contributed by atoms with Crippen molar-refractivity contribution in [2.75, 3.05) is 5.32 Å². The summed E-state index contributed by atoms with van der Waals surface area (Å²) in [6, 6.07) is 8.82. The minimum absolute atomic E-state index is 0.0470. The maximum Gasteiger partial charge on any atom is 0.255 e. The largest absolute Gasteiger partial charge is 0.320 e. The zero-order valence-electron chi connectivity index (χ0n) is 10.9. The fraction of sp³-hybridized carbons (Fsp3) is 0.0667. The van der Waals surface area contributed by atoms with Crippen molar-refractivity contribution in [1.82, 2.24) is 4.57 Å². The number of hydrogen-bond acceptors (Lipinski definition) is 2. The summed E-state index contributed by atoms with van der Waals surface area (Å²) in [5, 5.41) is 2.40. The van der Waals surface area contributed by atoms with Crippen molar-refractivity contribution in [3.05, 3.63) is 70.9 Å². The van der Waals surface area contributed by atoms with E-state index in [4.69, 9.17) is 0 Å². The number of amides is 1. The maximum atomic E-state index is 13.9. The Bertz CT molecular complexity index is 735. The highest BCUT2D eigenvalue weighted by molar-refractivity contribution is 6.02. The number of anilines is 1. The third kappa shape index (κ3) is 2.83. The molecule has 0 saturated heterocycles. The Morgan fingerprint density at radius 1 is 1.30 bits per heavy atom. The molecular weight excluding hydrogens is 259 g/mol. The van der Waals surface area contributed by atoms with Gasteiger partial charge in [-0.1, -0.05) is 12.6 Å². The number of halogens is 1. The number of aromatic nitrogens is 1. The molecule has 0 fully saturated rings. The van der Waals surface area contributed by atoms with Crippen LogP contribution < -0.4 is 10.9 Å². The molecule has 102 valence electrons. The lowest BCUT2D eigenvalue weighted by atomic mass is 10.2. The van der Waals surface area contributed by atoms with Gasteiger partial charge in [0.1, 0.15) is 5.82 Å². The lowest BCUT2D eigenvalue weighted by molar-refractivity contribution is -0.112. The molecule has 0 aliphatic carbocycles. The summed E-state index contributed by atoms with van der Waals surface area (Å²) in [6.07, 6.45) is 1.54. The topological polar surface area (TPSA) is 51.1 Å². The number of pyridine rings is 1. The SMILES string of the molecule is C=C(C)C(=O)Nc1ccc(-n2ccccc2=O)cc1F. The number of nitrogens with one attached hydrogen (secondary N) is 1. The predicted molar refractivity (Wildman–Crippen MR) is 75.4 cm³/mol. The molecule has 1 heterocycles.